The first-order valence-electron chi connectivity index (χ1n) is 10.0. The topological polar surface area (TPSA) is 26.3 Å². The quantitative estimate of drug-likeness (QED) is 0.635. The predicted molar refractivity (Wildman–Crippen MR) is 110 cm³/mol. The van der Waals surface area contributed by atoms with Crippen LogP contribution >= 0.6 is 0 Å². The molecule has 4 rings (SSSR count). The molecule has 2 aliphatic rings. The summed E-state index contributed by atoms with van der Waals surface area (Å²) in [5, 5.41) is 0. The number of benzene rings is 2. The molecule has 0 heterocycles. The van der Waals surface area contributed by atoms with E-state index in [2.05, 4.69) is 52.0 Å². The number of esters is 1. The maximum absolute atomic E-state index is 12.3. The Bertz CT molecular complexity index is 900. The van der Waals surface area contributed by atoms with Gasteiger partial charge in [-0.15, -0.1) is 0 Å². The molecule has 2 aliphatic carbocycles. The van der Waals surface area contributed by atoms with Gasteiger partial charge in [0.1, 0.15) is 0 Å². The largest absolute Gasteiger partial charge is 0.465 e. The van der Waals surface area contributed by atoms with Gasteiger partial charge in [-0.25, -0.2) is 4.79 Å². The second-order valence-corrected chi connectivity index (χ2v) is 9.65. The number of methoxy groups -OCH3 is 1. The van der Waals surface area contributed by atoms with E-state index in [1.165, 1.54) is 36.6 Å². The molecule has 0 radical (unpaired) electrons. The Morgan fingerprint density at radius 2 is 1.44 bits per heavy atom. The summed E-state index contributed by atoms with van der Waals surface area (Å²) in [6.07, 6.45) is 4.61. The van der Waals surface area contributed by atoms with Gasteiger partial charge in [0.2, 0.25) is 0 Å². The second-order valence-electron chi connectivity index (χ2n) is 9.65. The molecule has 0 unspecified atom stereocenters. The number of rotatable bonds is 3. The average Bonchev–Trinajstić information content (AvgIpc) is 3.46. The molecule has 0 atom stereocenters. The molecule has 0 N–H and O–H groups in total. The van der Waals surface area contributed by atoms with Crippen molar-refractivity contribution in [1.29, 1.82) is 0 Å². The van der Waals surface area contributed by atoms with Crippen molar-refractivity contribution in [2.24, 2.45) is 0 Å². The predicted octanol–water partition coefficient (Wildman–Crippen LogP) is 5.90. The van der Waals surface area contributed by atoms with Gasteiger partial charge in [-0.05, 0) is 64.8 Å². The summed E-state index contributed by atoms with van der Waals surface area (Å²) in [6.45, 7) is 9.46. The van der Waals surface area contributed by atoms with E-state index in [1.54, 1.807) is 0 Å². The zero-order chi connectivity index (χ0) is 19.4. The molecule has 0 amide bonds. The van der Waals surface area contributed by atoms with Crippen molar-refractivity contribution in [3.8, 4) is 0 Å². The minimum atomic E-state index is -0.240. The Morgan fingerprint density at radius 3 is 2.07 bits per heavy atom. The van der Waals surface area contributed by atoms with E-state index in [4.69, 9.17) is 4.74 Å². The molecule has 0 aliphatic heterocycles. The van der Waals surface area contributed by atoms with Gasteiger partial charge in [-0.1, -0.05) is 64.1 Å². The van der Waals surface area contributed by atoms with Crippen LogP contribution in [0.1, 0.15) is 86.0 Å². The molecule has 1 fully saturated rings. The molecule has 0 bridgehead atoms. The van der Waals surface area contributed by atoms with E-state index in [0.717, 1.165) is 18.4 Å². The highest BCUT2D eigenvalue weighted by molar-refractivity contribution is 5.92. The van der Waals surface area contributed by atoms with Crippen molar-refractivity contribution in [2.45, 2.75) is 69.6 Å². The molecular formula is C25H30O2. The standard InChI is InChI=1S/C25H30O2/c1-23(2)12-13-24(3,4)21-16-17(10-11-20(21)23)25(14-15-25)19-9-7-6-8-18(19)22(26)27-5/h6-11,16H,12-15H2,1-5H3. The summed E-state index contributed by atoms with van der Waals surface area (Å²) in [5.41, 5.74) is 6.51. The van der Waals surface area contributed by atoms with Gasteiger partial charge in [0.15, 0.2) is 0 Å². The van der Waals surface area contributed by atoms with Gasteiger partial charge in [-0.3, -0.25) is 0 Å². The van der Waals surface area contributed by atoms with Gasteiger partial charge in [0.25, 0.3) is 0 Å². The van der Waals surface area contributed by atoms with Crippen LogP contribution in [0.15, 0.2) is 42.5 Å². The third-order valence-electron chi connectivity index (χ3n) is 7.00. The molecule has 2 aromatic rings. The highest BCUT2D eigenvalue weighted by Gasteiger charge is 2.49. The maximum Gasteiger partial charge on any atom is 0.338 e. The Labute approximate surface area is 162 Å². The Balaban J connectivity index is 1.85. The van der Waals surface area contributed by atoms with Crippen molar-refractivity contribution in [1.82, 2.24) is 0 Å². The van der Waals surface area contributed by atoms with Crippen molar-refractivity contribution < 1.29 is 9.53 Å². The first kappa shape index (κ1) is 18.3. The second kappa shape index (κ2) is 5.95. The van der Waals surface area contributed by atoms with Gasteiger partial charge in [0.05, 0.1) is 12.7 Å². The molecule has 27 heavy (non-hydrogen) atoms. The zero-order valence-electron chi connectivity index (χ0n) is 17.2. The Hall–Kier alpha value is -2.09. The van der Waals surface area contributed by atoms with E-state index >= 15 is 0 Å². The third kappa shape index (κ3) is 2.81. The lowest BCUT2D eigenvalue weighted by Crippen LogP contribution is -2.34. The van der Waals surface area contributed by atoms with Crippen LogP contribution in [0, 0.1) is 0 Å². The van der Waals surface area contributed by atoms with Crippen molar-refractivity contribution in [3.05, 3.63) is 70.3 Å². The lowest BCUT2D eigenvalue weighted by Gasteiger charge is -2.42. The number of ether oxygens (including phenoxy) is 1. The fraction of sp³-hybridized carbons (Fsp3) is 0.480. The van der Waals surface area contributed by atoms with E-state index < -0.39 is 0 Å². The van der Waals surface area contributed by atoms with Crippen LogP contribution in [0.3, 0.4) is 0 Å². The first-order valence-corrected chi connectivity index (χ1v) is 10.0. The highest BCUT2D eigenvalue weighted by Crippen LogP contribution is 2.56. The average molecular weight is 363 g/mol. The molecular weight excluding hydrogens is 332 g/mol. The summed E-state index contributed by atoms with van der Waals surface area (Å²) < 4.78 is 5.05. The third-order valence-corrected chi connectivity index (χ3v) is 7.00. The maximum atomic E-state index is 12.3. The Kier molecular flexibility index (Phi) is 4.03. The van der Waals surface area contributed by atoms with Crippen LogP contribution in [-0.4, -0.2) is 13.1 Å². The first-order chi connectivity index (χ1) is 12.7. The monoisotopic (exact) mass is 362 g/mol. The number of fused-ring (bicyclic) bond motifs is 1. The van der Waals surface area contributed by atoms with Gasteiger partial charge in [0, 0.05) is 5.41 Å². The minimum Gasteiger partial charge on any atom is -0.465 e. The summed E-state index contributed by atoms with van der Waals surface area (Å²) >= 11 is 0. The fourth-order valence-corrected chi connectivity index (χ4v) is 4.91. The van der Waals surface area contributed by atoms with Crippen LogP contribution in [0.25, 0.3) is 0 Å². The number of hydrogen-bond acceptors (Lipinski definition) is 2. The lowest BCUT2D eigenvalue weighted by molar-refractivity contribution is 0.0599. The summed E-state index contributed by atoms with van der Waals surface area (Å²) in [5.74, 6) is -0.240. The van der Waals surface area contributed by atoms with Crippen LogP contribution in [0.5, 0.6) is 0 Å². The summed E-state index contributed by atoms with van der Waals surface area (Å²) in [4.78, 5) is 12.3. The van der Waals surface area contributed by atoms with E-state index in [0.29, 0.717) is 5.56 Å². The van der Waals surface area contributed by atoms with E-state index in [-0.39, 0.29) is 22.2 Å². The van der Waals surface area contributed by atoms with E-state index in [9.17, 15) is 4.79 Å². The zero-order valence-corrected chi connectivity index (χ0v) is 17.2. The van der Waals surface area contributed by atoms with Gasteiger partial charge in [-0.2, -0.15) is 0 Å². The lowest BCUT2D eigenvalue weighted by atomic mass is 9.62. The minimum absolute atomic E-state index is 0.0442. The smallest absolute Gasteiger partial charge is 0.338 e. The number of carbonyl (C=O) groups is 1. The van der Waals surface area contributed by atoms with E-state index in [1.807, 2.05) is 18.2 Å². The molecule has 142 valence electrons. The van der Waals surface area contributed by atoms with Crippen molar-refractivity contribution in [3.63, 3.8) is 0 Å². The van der Waals surface area contributed by atoms with Gasteiger partial charge >= 0.3 is 5.97 Å². The SMILES string of the molecule is COC(=O)c1ccccc1C1(c2ccc3c(c2)C(C)(C)CCC3(C)C)CC1. The van der Waals surface area contributed by atoms with Crippen LogP contribution in [0.2, 0.25) is 0 Å². The summed E-state index contributed by atoms with van der Waals surface area (Å²) in [6, 6.07) is 15.1. The molecule has 0 aromatic heterocycles. The normalized spacial score (nSPS) is 21.2. The van der Waals surface area contributed by atoms with Crippen LogP contribution < -0.4 is 0 Å². The van der Waals surface area contributed by atoms with Crippen molar-refractivity contribution in [2.75, 3.05) is 7.11 Å². The highest BCUT2D eigenvalue weighted by atomic mass is 16.5. The summed E-state index contributed by atoms with van der Waals surface area (Å²) in [7, 11) is 1.46. The molecule has 2 heteroatoms. The molecule has 1 saturated carbocycles. The molecule has 2 aromatic carbocycles. The Morgan fingerprint density at radius 1 is 0.815 bits per heavy atom. The van der Waals surface area contributed by atoms with Gasteiger partial charge < -0.3 is 4.74 Å². The van der Waals surface area contributed by atoms with Crippen LogP contribution in [0.4, 0.5) is 0 Å². The fourth-order valence-electron chi connectivity index (χ4n) is 4.91. The molecule has 2 nitrogen and oxygen atoms in total. The molecule has 0 spiro atoms. The molecule has 0 saturated heterocycles. The van der Waals surface area contributed by atoms with Crippen LogP contribution in [-0.2, 0) is 21.0 Å². The van der Waals surface area contributed by atoms with Crippen molar-refractivity contribution >= 4 is 5.97 Å². The number of carbonyl (C=O) groups excluding carboxylic acids is 1. The number of hydrogen-bond donors (Lipinski definition) is 0.